The van der Waals surface area contributed by atoms with Crippen molar-refractivity contribution in [2.75, 3.05) is 13.1 Å². The third-order valence-electron chi connectivity index (χ3n) is 3.75. The highest BCUT2D eigenvalue weighted by molar-refractivity contribution is 5.59. The molecular formula is C13H25NO. The largest absolute Gasteiger partial charge is 0.303 e. The van der Waals surface area contributed by atoms with Crippen LogP contribution in [-0.2, 0) is 4.79 Å². The fourth-order valence-electron chi connectivity index (χ4n) is 2.20. The van der Waals surface area contributed by atoms with Crippen LogP contribution in [0.3, 0.4) is 0 Å². The number of carbonyl (C=O) groups is 1. The summed E-state index contributed by atoms with van der Waals surface area (Å²) in [6.45, 7) is 8.61. The van der Waals surface area contributed by atoms with Gasteiger partial charge in [-0.3, -0.25) is 4.90 Å². The second-order valence-corrected chi connectivity index (χ2v) is 4.89. The molecule has 0 aromatic rings. The van der Waals surface area contributed by atoms with Crippen molar-refractivity contribution < 1.29 is 4.79 Å². The SMILES string of the molecule is CCCN(CC(C=O)(CC)CC)C1CC1. The van der Waals surface area contributed by atoms with Crippen LogP contribution < -0.4 is 0 Å². The Bertz CT molecular complexity index is 195. The first-order chi connectivity index (χ1) is 7.21. The fourth-order valence-corrected chi connectivity index (χ4v) is 2.20. The molecule has 0 aromatic heterocycles. The Hall–Kier alpha value is -0.370. The topological polar surface area (TPSA) is 20.3 Å². The summed E-state index contributed by atoms with van der Waals surface area (Å²) in [4.78, 5) is 13.8. The summed E-state index contributed by atoms with van der Waals surface area (Å²) in [5, 5.41) is 0. The Morgan fingerprint density at radius 3 is 2.20 bits per heavy atom. The lowest BCUT2D eigenvalue weighted by Gasteiger charge is -2.33. The minimum Gasteiger partial charge on any atom is -0.303 e. The van der Waals surface area contributed by atoms with E-state index in [9.17, 15) is 4.79 Å². The second kappa shape index (κ2) is 5.64. The molecule has 1 aliphatic carbocycles. The lowest BCUT2D eigenvalue weighted by molar-refractivity contribution is -0.117. The highest BCUT2D eigenvalue weighted by Gasteiger charge is 2.35. The average Bonchev–Trinajstić information content (AvgIpc) is 3.09. The average molecular weight is 211 g/mol. The van der Waals surface area contributed by atoms with Gasteiger partial charge in [0.15, 0.2) is 0 Å². The molecule has 2 nitrogen and oxygen atoms in total. The van der Waals surface area contributed by atoms with E-state index >= 15 is 0 Å². The molecule has 15 heavy (non-hydrogen) atoms. The van der Waals surface area contributed by atoms with Gasteiger partial charge in [-0.05, 0) is 38.6 Å². The van der Waals surface area contributed by atoms with E-state index in [1.807, 2.05) is 0 Å². The van der Waals surface area contributed by atoms with Crippen LogP contribution >= 0.6 is 0 Å². The first kappa shape index (κ1) is 12.7. The van der Waals surface area contributed by atoms with Crippen molar-refractivity contribution in [1.29, 1.82) is 0 Å². The van der Waals surface area contributed by atoms with Gasteiger partial charge in [-0.25, -0.2) is 0 Å². The second-order valence-electron chi connectivity index (χ2n) is 4.89. The van der Waals surface area contributed by atoms with E-state index in [1.165, 1.54) is 25.5 Å². The van der Waals surface area contributed by atoms with Crippen LogP contribution in [0.5, 0.6) is 0 Å². The van der Waals surface area contributed by atoms with Crippen molar-refractivity contribution in [3.63, 3.8) is 0 Å². The van der Waals surface area contributed by atoms with Crippen LogP contribution in [0.1, 0.15) is 52.9 Å². The van der Waals surface area contributed by atoms with E-state index in [0.29, 0.717) is 0 Å². The lowest BCUT2D eigenvalue weighted by Crippen LogP contribution is -2.40. The summed E-state index contributed by atoms with van der Waals surface area (Å²) in [6, 6.07) is 0.780. The maximum absolute atomic E-state index is 11.2. The van der Waals surface area contributed by atoms with Crippen molar-refractivity contribution in [1.82, 2.24) is 4.90 Å². The van der Waals surface area contributed by atoms with E-state index < -0.39 is 0 Å². The van der Waals surface area contributed by atoms with Crippen LogP contribution in [0.25, 0.3) is 0 Å². The normalized spacial score (nSPS) is 17.1. The summed E-state index contributed by atoms with van der Waals surface area (Å²) in [5.74, 6) is 0. The molecule has 0 aliphatic heterocycles. The summed E-state index contributed by atoms with van der Waals surface area (Å²) in [6.07, 6.45) is 7.00. The van der Waals surface area contributed by atoms with Gasteiger partial charge in [0, 0.05) is 18.0 Å². The molecule has 0 bridgehead atoms. The molecule has 0 amide bonds. The molecule has 1 rings (SSSR count). The minimum atomic E-state index is -0.0856. The maximum Gasteiger partial charge on any atom is 0.127 e. The molecule has 0 spiro atoms. The molecule has 1 fully saturated rings. The van der Waals surface area contributed by atoms with Gasteiger partial charge in [-0.2, -0.15) is 0 Å². The van der Waals surface area contributed by atoms with Crippen LogP contribution in [0.4, 0.5) is 0 Å². The quantitative estimate of drug-likeness (QED) is 0.575. The number of nitrogens with zero attached hydrogens (tertiary/aromatic N) is 1. The number of carbonyl (C=O) groups excluding carboxylic acids is 1. The Morgan fingerprint density at radius 1 is 1.27 bits per heavy atom. The number of rotatable bonds is 8. The van der Waals surface area contributed by atoms with Gasteiger partial charge in [0.1, 0.15) is 6.29 Å². The molecule has 0 atom stereocenters. The molecule has 0 radical (unpaired) electrons. The Kier molecular flexibility index (Phi) is 4.78. The molecule has 1 saturated carbocycles. The summed E-state index contributed by atoms with van der Waals surface area (Å²) in [5.41, 5.74) is -0.0856. The van der Waals surface area contributed by atoms with Crippen molar-refractivity contribution >= 4 is 6.29 Å². The standard InChI is InChI=1S/C13H25NO/c1-4-9-14(12-7-8-12)10-13(5-2,6-3)11-15/h11-12H,4-10H2,1-3H3. The van der Waals surface area contributed by atoms with E-state index in [2.05, 4.69) is 25.7 Å². The van der Waals surface area contributed by atoms with Crippen LogP contribution in [0, 0.1) is 5.41 Å². The Labute approximate surface area is 94.0 Å². The maximum atomic E-state index is 11.2. The van der Waals surface area contributed by atoms with Crippen molar-refractivity contribution in [3.8, 4) is 0 Å². The zero-order valence-electron chi connectivity index (χ0n) is 10.5. The number of aldehydes is 1. The van der Waals surface area contributed by atoms with Gasteiger partial charge in [0.05, 0.1) is 0 Å². The van der Waals surface area contributed by atoms with Crippen molar-refractivity contribution in [2.45, 2.75) is 58.9 Å². The van der Waals surface area contributed by atoms with Gasteiger partial charge in [-0.15, -0.1) is 0 Å². The van der Waals surface area contributed by atoms with Gasteiger partial charge in [-0.1, -0.05) is 20.8 Å². The first-order valence-corrected chi connectivity index (χ1v) is 6.41. The zero-order chi connectivity index (χ0) is 11.3. The smallest absolute Gasteiger partial charge is 0.127 e. The van der Waals surface area contributed by atoms with Crippen molar-refractivity contribution in [2.24, 2.45) is 5.41 Å². The summed E-state index contributed by atoms with van der Waals surface area (Å²) in [7, 11) is 0. The number of hydrogen-bond donors (Lipinski definition) is 0. The van der Waals surface area contributed by atoms with Gasteiger partial charge >= 0.3 is 0 Å². The van der Waals surface area contributed by atoms with E-state index in [4.69, 9.17) is 0 Å². The molecule has 0 aromatic carbocycles. The number of hydrogen-bond acceptors (Lipinski definition) is 2. The lowest BCUT2D eigenvalue weighted by atomic mass is 9.83. The highest BCUT2D eigenvalue weighted by Crippen LogP contribution is 2.32. The third-order valence-corrected chi connectivity index (χ3v) is 3.75. The molecule has 2 heteroatoms. The van der Waals surface area contributed by atoms with E-state index in [0.717, 1.165) is 32.0 Å². The van der Waals surface area contributed by atoms with E-state index in [1.54, 1.807) is 0 Å². The monoisotopic (exact) mass is 211 g/mol. The molecule has 1 aliphatic rings. The molecule has 0 unspecified atom stereocenters. The van der Waals surface area contributed by atoms with Crippen molar-refractivity contribution in [3.05, 3.63) is 0 Å². The van der Waals surface area contributed by atoms with Crippen LogP contribution in [0.15, 0.2) is 0 Å². The Morgan fingerprint density at radius 2 is 1.87 bits per heavy atom. The predicted molar refractivity (Wildman–Crippen MR) is 64.0 cm³/mol. The molecule has 88 valence electrons. The Balaban J connectivity index is 2.56. The minimum absolute atomic E-state index is 0.0856. The van der Waals surface area contributed by atoms with Crippen LogP contribution in [-0.4, -0.2) is 30.3 Å². The predicted octanol–water partition coefficient (Wildman–Crippen LogP) is 2.87. The first-order valence-electron chi connectivity index (χ1n) is 6.41. The summed E-state index contributed by atoms with van der Waals surface area (Å²) < 4.78 is 0. The molecule has 0 N–H and O–H groups in total. The highest BCUT2D eigenvalue weighted by atomic mass is 16.1. The fraction of sp³-hybridized carbons (Fsp3) is 0.923. The molecular weight excluding hydrogens is 186 g/mol. The third kappa shape index (κ3) is 3.30. The molecule has 0 saturated heterocycles. The van der Waals surface area contributed by atoms with Gasteiger partial charge < -0.3 is 4.79 Å². The van der Waals surface area contributed by atoms with Gasteiger partial charge in [0.2, 0.25) is 0 Å². The molecule has 0 heterocycles. The van der Waals surface area contributed by atoms with Gasteiger partial charge in [0.25, 0.3) is 0 Å². The van der Waals surface area contributed by atoms with E-state index in [-0.39, 0.29) is 5.41 Å². The zero-order valence-corrected chi connectivity index (χ0v) is 10.5. The summed E-state index contributed by atoms with van der Waals surface area (Å²) >= 11 is 0. The van der Waals surface area contributed by atoms with Crippen LogP contribution in [0.2, 0.25) is 0 Å².